The summed E-state index contributed by atoms with van der Waals surface area (Å²) in [5.41, 5.74) is 0.178. The molecule has 0 amide bonds. The van der Waals surface area contributed by atoms with Gasteiger partial charge in [-0.05, 0) is 18.1 Å². The maximum Gasteiger partial charge on any atom is 0.426 e. The maximum absolute atomic E-state index is 12.9. The molecular formula is C11H6Cl3F3O3. The predicted molar refractivity (Wildman–Crippen MR) is 66.8 cm³/mol. The van der Waals surface area contributed by atoms with E-state index in [-0.39, 0.29) is 26.4 Å². The van der Waals surface area contributed by atoms with E-state index >= 15 is 0 Å². The van der Waals surface area contributed by atoms with Crippen LogP contribution in [0.15, 0.2) is 6.07 Å². The zero-order valence-corrected chi connectivity index (χ0v) is 11.7. The highest BCUT2D eigenvalue weighted by Gasteiger charge is 2.52. The molecule has 9 heteroatoms. The van der Waals surface area contributed by atoms with E-state index in [9.17, 15) is 18.0 Å². The molecule has 20 heavy (non-hydrogen) atoms. The number of alkyl halides is 3. The van der Waals surface area contributed by atoms with E-state index < -0.39 is 30.6 Å². The summed E-state index contributed by atoms with van der Waals surface area (Å²) in [7, 11) is 0. The van der Waals surface area contributed by atoms with Crippen LogP contribution in [0.2, 0.25) is 15.1 Å². The first-order valence-corrected chi connectivity index (χ1v) is 6.39. The van der Waals surface area contributed by atoms with Crippen molar-refractivity contribution in [3.8, 4) is 5.75 Å². The summed E-state index contributed by atoms with van der Waals surface area (Å²) in [6.45, 7) is 0. The number of ether oxygens (including phenoxy) is 1. The topological polar surface area (TPSA) is 46.5 Å². The third kappa shape index (κ3) is 2.64. The summed E-state index contributed by atoms with van der Waals surface area (Å²) in [5.74, 6) is -3.66. The van der Waals surface area contributed by atoms with Crippen molar-refractivity contribution < 1.29 is 27.8 Å². The number of hydrogen-bond acceptors (Lipinski definition) is 2. The highest BCUT2D eigenvalue weighted by Crippen LogP contribution is 2.46. The molecule has 1 aliphatic rings. The average molecular weight is 350 g/mol. The highest BCUT2D eigenvalue weighted by molar-refractivity contribution is 6.48. The molecule has 1 N–H and O–H groups in total. The minimum atomic E-state index is -4.84. The van der Waals surface area contributed by atoms with Gasteiger partial charge in [-0.2, -0.15) is 13.2 Å². The zero-order valence-electron chi connectivity index (χ0n) is 9.47. The fraction of sp³-hybridized carbons (Fsp3) is 0.364. The van der Waals surface area contributed by atoms with Crippen molar-refractivity contribution >= 4 is 40.8 Å². The summed E-state index contributed by atoms with van der Waals surface area (Å²) in [4.78, 5) is 11.0. The maximum atomic E-state index is 12.9. The Morgan fingerprint density at radius 3 is 2.40 bits per heavy atom. The fourth-order valence-electron chi connectivity index (χ4n) is 1.97. The van der Waals surface area contributed by atoms with E-state index in [0.29, 0.717) is 0 Å². The Bertz CT molecular complexity index is 574. The number of carboxylic acid groups (broad SMARTS) is 1. The highest BCUT2D eigenvalue weighted by atomic mass is 35.5. The second-order valence-corrected chi connectivity index (χ2v) is 5.37. The molecule has 2 rings (SSSR count). The Hall–Kier alpha value is -0.850. The SMILES string of the molecule is O=C(O)C1Cc2cc(Cl)c(Cl)c(Cl)c2OC1C(F)(F)F. The molecule has 0 saturated carbocycles. The Kier molecular flexibility index (Phi) is 4.01. The van der Waals surface area contributed by atoms with Gasteiger partial charge in [0, 0.05) is 0 Å². The minimum absolute atomic E-state index is 0.0219. The van der Waals surface area contributed by atoms with Crippen LogP contribution in [-0.2, 0) is 11.2 Å². The summed E-state index contributed by atoms with van der Waals surface area (Å²) in [5, 5.41) is 8.55. The predicted octanol–water partition coefficient (Wildman–Crippen LogP) is 4.21. The molecule has 0 aliphatic carbocycles. The van der Waals surface area contributed by atoms with Crippen molar-refractivity contribution in [2.45, 2.75) is 18.7 Å². The molecule has 1 aromatic rings. The standard InChI is InChI=1S/C11H6Cl3F3O3/c12-5-2-3-1-4(10(18)19)9(11(15,16)17)20-8(3)7(14)6(5)13/h2,4,9H,1H2,(H,18,19). The Labute approximate surface area is 126 Å². The number of hydrogen-bond donors (Lipinski definition) is 1. The number of fused-ring (bicyclic) bond motifs is 1. The first kappa shape index (κ1) is 15.5. The second kappa shape index (κ2) is 5.16. The van der Waals surface area contributed by atoms with Crippen LogP contribution in [0.4, 0.5) is 13.2 Å². The van der Waals surface area contributed by atoms with Crippen LogP contribution < -0.4 is 4.74 Å². The summed E-state index contributed by atoms with van der Waals surface area (Å²) in [6.07, 6.45) is -7.72. The minimum Gasteiger partial charge on any atom is -0.481 e. The lowest BCUT2D eigenvalue weighted by molar-refractivity contribution is -0.217. The summed E-state index contributed by atoms with van der Waals surface area (Å²) >= 11 is 17.3. The van der Waals surface area contributed by atoms with Crippen LogP contribution in [0.5, 0.6) is 5.75 Å². The molecule has 0 saturated heterocycles. The van der Waals surface area contributed by atoms with Crippen LogP contribution in [0.3, 0.4) is 0 Å². The molecule has 2 atom stereocenters. The lowest BCUT2D eigenvalue weighted by Gasteiger charge is -2.33. The third-order valence-electron chi connectivity index (χ3n) is 2.88. The van der Waals surface area contributed by atoms with Crippen molar-refractivity contribution in [1.82, 2.24) is 0 Å². The Balaban J connectivity index is 2.54. The van der Waals surface area contributed by atoms with Gasteiger partial charge in [-0.25, -0.2) is 0 Å². The molecule has 0 aromatic heterocycles. The van der Waals surface area contributed by atoms with Crippen LogP contribution >= 0.6 is 34.8 Å². The number of benzene rings is 1. The molecule has 1 aromatic carbocycles. The zero-order chi connectivity index (χ0) is 15.2. The third-order valence-corrected chi connectivity index (χ3v) is 4.13. The quantitative estimate of drug-likeness (QED) is 0.773. The van der Waals surface area contributed by atoms with Gasteiger partial charge in [-0.15, -0.1) is 0 Å². The number of carbonyl (C=O) groups is 1. The van der Waals surface area contributed by atoms with Crippen LogP contribution in [-0.4, -0.2) is 23.4 Å². The molecule has 2 unspecified atom stereocenters. The van der Waals surface area contributed by atoms with Crippen LogP contribution in [0.1, 0.15) is 5.56 Å². The summed E-state index contributed by atoms with van der Waals surface area (Å²) in [6, 6.07) is 1.26. The molecule has 1 aliphatic heterocycles. The van der Waals surface area contributed by atoms with Gasteiger partial charge in [0.05, 0.1) is 10.0 Å². The normalized spacial score (nSPS) is 22.1. The van der Waals surface area contributed by atoms with Gasteiger partial charge in [-0.3, -0.25) is 4.79 Å². The molecular weight excluding hydrogens is 343 g/mol. The van der Waals surface area contributed by atoms with Crippen LogP contribution in [0.25, 0.3) is 0 Å². The number of carboxylic acids is 1. The molecule has 0 bridgehead atoms. The smallest absolute Gasteiger partial charge is 0.426 e. The van der Waals surface area contributed by atoms with E-state index in [1.165, 1.54) is 6.07 Å². The van der Waals surface area contributed by atoms with Gasteiger partial charge >= 0.3 is 12.1 Å². The van der Waals surface area contributed by atoms with Crippen molar-refractivity contribution in [3.63, 3.8) is 0 Å². The van der Waals surface area contributed by atoms with Gasteiger partial charge in [0.2, 0.25) is 6.10 Å². The fourth-order valence-corrected chi connectivity index (χ4v) is 2.65. The van der Waals surface area contributed by atoms with Crippen molar-refractivity contribution in [2.75, 3.05) is 0 Å². The van der Waals surface area contributed by atoms with Crippen LogP contribution in [0, 0.1) is 5.92 Å². The Morgan fingerprint density at radius 1 is 1.30 bits per heavy atom. The van der Waals surface area contributed by atoms with Crippen molar-refractivity contribution in [3.05, 3.63) is 26.7 Å². The molecule has 0 radical (unpaired) electrons. The van der Waals surface area contributed by atoms with E-state index in [2.05, 4.69) is 0 Å². The van der Waals surface area contributed by atoms with Crippen molar-refractivity contribution in [1.29, 1.82) is 0 Å². The average Bonchev–Trinajstić information content (AvgIpc) is 2.33. The number of aliphatic carboxylic acids is 1. The van der Waals surface area contributed by atoms with E-state index in [1.807, 2.05) is 0 Å². The molecule has 110 valence electrons. The van der Waals surface area contributed by atoms with E-state index in [4.69, 9.17) is 44.6 Å². The lowest BCUT2D eigenvalue weighted by atomic mass is 9.90. The molecule has 0 fully saturated rings. The number of halogens is 6. The molecule has 1 heterocycles. The van der Waals surface area contributed by atoms with E-state index in [1.54, 1.807) is 0 Å². The Morgan fingerprint density at radius 2 is 1.90 bits per heavy atom. The van der Waals surface area contributed by atoms with Gasteiger partial charge < -0.3 is 9.84 Å². The first-order chi connectivity index (χ1) is 9.12. The number of rotatable bonds is 1. The summed E-state index contributed by atoms with van der Waals surface area (Å²) < 4.78 is 43.4. The molecule has 0 spiro atoms. The second-order valence-electron chi connectivity index (χ2n) is 4.20. The molecule has 3 nitrogen and oxygen atoms in total. The lowest BCUT2D eigenvalue weighted by Crippen LogP contribution is -2.47. The van der Waals surface area contributed by atoms with Gasteiger partial charge in [-0.1, -0.05) is 34.8 Å². The monoisotopic (exact) mass is 348 g/mol. The van der Waals surface area contributed by atoms with Gasteiger partial charge in [0.25, 0.3) is 0 Å². The van der Waals surface area contributed by atoms with Gasteiger partial charge in [0.15, 0.2) is 0 Å². The first-order valence-electron chi connectivity index (χ1n) is 5.25. The van der Waals surface area contributed by atoms with Gasteiger partial charge in [0.1, 0.15) is 16.7 Å². The van der Waals surface area contributed by atoms with E-state index in [0.717, 1.165) is 0 Å². The van der Waals surface area contributed by atoms with Crippen molar-refractivity contribution in [2.24, 2.45) is 5.92 Å². The largest absolute Gasteiger partial charge is 0.481 e.